The molecule has 0 aromatic carbocycles. The molecule has 1 rings (SSSR count). The second kappa shape index (κ2) is 11.6. The fraction of sp³-hybridized carbons (Fsp3) is 0.588. The number of nitrogens with one attached hydrogen (secondary N) is 3. The third-order valence-electron chi connectivity index (χ3n) is 4.12. The summed E-state index contributed by atoms with van der Waals surface area (Å²) in [6, 6.07) is -4.95. The van der Waals surface area contributed by atoms with E-state index in [1.165, 1.54) is 26.4 Å². The molecule has 1 aliphatic rings. The molecule has 0 bridgehead atoms. The quantitative estimate of drug-likeness (QED) is 0.198. The fourth-order valence-electron chi connectivity index (χ4n) is 2.40. The number of hydrogen-bond acceptors (Lipinski definition) is 8. The molecule has 0 fully saturated rings. The van der Waals surface area contributed by atoms with E-state index in [4.69, 9.17) is 15.9 Å². The second-order valence-corrected chi connectivity index (χ2v) is 6.78. The lowest BCUT2D eigenvalue weighted by atomic mass is 10.1. The van der Waals surface area contributed by atoms with E-state index < -0.39 is 66.3 Å². The molecule has 166 valence electrons. The number of carboxylic acid groups (broad SMARTS) is 2. The maximum Gasteiger partial charge on any atom is 0.326 e. The largest absolute Gasteiger partial charge is 0.481 e. The number of hydrogen-bond donors (Lipinski definition) is 6. The maximum atomic E-state index is 12.6. The summed E-state index contributed by atoms with van der Waals surface area (Å²) in [5.41, 5.74) is 5.51. The molecule has 0 aromatic rings. The normalized spacial score (nSPS) is 18.7. The van der Waals surface area contributed by atoms with Gasteiger partial charge in [-0.1, -0.05) is 0 Å². The molecule has 13 heteroatoms. The number of amides is 3. The summed E-state index contributed by atoms with van der Waals surface area (Å²) in [4.78, 5) is 66.4. The molecular weight excluding hydrogens is 400 g/mol. The Morgan fingerprint density at radius 3 is 2.13 bits per heavy atom. The van der Waals surface area contributed by atoms with Gasteiger partial charge >= 0.3 is 11.9 Å². The Bertz CT molecular complexity index is 724. The SMILES string of the molecule is CC(N)C(=O)N[C@@H](CC1C=NC=N1)C(=O)N[C@@H](C)C(=O)N[C@@H](CCC(=O)O)C(=O)O. The van der Waals surface area contributed by atoms with Crippen molar-refractivity contribution in [3.63, 3.8) is 0 Å². The molecule has 0 saturated heterocycles. The molecule has 5 atom stereocenters. The van der Waals surface area contributed by atoms with E-state index in [1.54, 1.807) is 0 Å². The Hall–Kier alpha value is -3.35. The van der Waals surface area contributed by atoms with Crippen LogP contribution in [-0.4, -0.2) is 82.6 Å². The van der Waals surface area contributed by atoms with Crippen molar-refractivity contribution < 1.29 is 34.2 Å². The van der Waals surface area contributed by atoms with Crippen LogP contribution in [0.25, 0.3) is 0 Å². The van der Waals surface area contributed by atoms with Crippen molar-refractivity contribution in [2.24, 2.45) is 15.7 Å². The van der Waals surface area contributed by atoms with E-state index in [0.29, 0.717) is 0 Å². The summed E-state index contributed by atoms with van der Waals surface area (Å²) < 4.78 is 0. The first-order chi connectivity index (χ1) is 14.0. The number of aliphatic carboxylic acids is 2. The predicted octanol–water partition coefficient (Wildman–Crippen LogP) is -2.37. The highest BCUT2D eigenvalue weighted by Gasteiger charge is 2.29. The van der Waals surface area contributed by atoms with Gasteiger partial charge in [-0.15, -0.1) is 0 Å². The average Bonchev–Trinajstić information content (AvgIpc) is 3.16. The van der Waals surface area contributed by atoms with E-state index in [0.717, 1.165) is 0 Å². The third kappa shape index (κ3) is 8.34. The van der Waals surface area contributed by atoms with Crippen molar-refractivity contribution >= 4 is 42.2 Å². The Morgan fingerprint density at radius 1 is 1.00 bits per heavy atom. The van der Waals surface area contributed by atoms with Gasteiger partial charge in [-0.3, -0.25) is 24.2 Å². The van der Waals surface area contributed by atoms with E-state index >= 15 is 0 Å². The van der Waals surface area contributed by atoms with Crippen LogP contribution in [0.3, 0.4) is 0 Å². The van der Waals surface area contributed by atoms with Crippen LogP contribution in [0.2, 0.25) is 0 Å². The van der Waals surface area contributed by atoms with Gasteiger partial charge in [0.05, 0.1) is 12.1 Å². The molecule has 13 nitrogen and oxygen atoms in total. The first-order valence-electron chi connectivity index (χ1n) is 9.17. The molecular formula is C17H26N6O7. The van der Waals surface area contributed by atoms with Crippen LogP contribution in [0, 0.1) is 0 Å². The summed E-state index contributed by atoms with van der Waals surface area (Å²) in [7, 11) is 0. The van der Waals surface area contributed by atoms with Crippen molar-refractivity contribution in [1.82, 2.24) is 16.0 Å². The number of nitrogens with zero attached hydrogens (tertiary/aromatic N) is 2. The van der Waals surface area contributed by atoms with Gasteiger partial charge < -0.3 is 31.9 Å². The minimum absolute atomic E-state index is 0.0784. The first-order valence-corrected chi connectivity index (χ1v) is 9.17. The molecule has 0 radical (unpaired) electrons. The smallest absolute Gasteiger partial charge is 0.326 e. The van der Waals surface area contributed by atoms with E-state index in [2.05, 4.69) is 25.9 Å². The fourth-order valence-corrected chi connectivity index (χ4v) is 2.40. The Morgan fingerprint density at radius 2 is 1.63 bits per heavy atom. The zero-order chi connectivity index (χ0) is 22.8. The highest BCUT2D eigenvalue weighted by atomic mass is 16.4. The number of rotatable bonds is 12. The maximum absolute atomic E-state index is 12.6. The molecule has 0 spiro atoms. The summed E-state index contributed by atoms with van der Waals surface area (Å²) in [6.45, 7) is 2.77. The van der Waals surface area contributed by atoms with Gasteiger partial charge in [0.1, 0.15) is 24.5 Å². The number of carboxylic acids is 2. The van der Waals surface area contributed by atoms with Crippen LogP contribution in [0.4, 0.5) is 0 Å². The van der Waals surface area contributed by atoms with Gasteiger partial charge in [-0.05, 0) is 20.3 Å². The van der Waals surface area contributed by atoms with Gasteiger partial charge in [-0.25, -0.2) is 9.79 Å². The molecule has 3 amide bonds. The summed E-state index contributed by atoms with van der Waals surface area (Å²) in [6.07, 6.45) is 2.12. The molecule has 2 unspecified atom stereocenters. The average molecular weight is 426 g/mol. The number of aliphatic imine (C=N–C) groups is 2. The van der Waals surface area contributed by atoms with Crippen LogP contribution < -0.4 is 21.7 Å². The van der Waals surface area contributed by atoms with E-state index in [-0.39, 0.29) is 12.8 Å². The van der Waals surface area contributed by atoms with Crippen LogP contribution >= 0.6 is 0 Å². The van der Waals surface area contributed by atoms with E-state index in [1.807, 2.05) is 0 Å². The number of carbonyl (C=O) groups is 5. The lowest BCUT2D eigenvalue weighted by molar-refractivity contribution is -0.143. The Balaban J connectivity index is 2.74. The summed E-state index contributed by atoms with van der Waals surface area (Å²) >= 11 is 0. The molecule has 30 heavy (non-hydrogen) atoms. The Kier molecular flexibility index (Phi) is 9.55. The van der Waals surface area contributed by atoms with E-state index in [9.17, 15) is 24.0 Å². The summed E-state index contributed by atoms with van der Waals surface area (Å²) in [5.74, 6) is -4.70. The lowest BCUT2D eigenvalue weighted by Gasteiger charge is -2.23. The standard InChI is InChI=1S/C17H26N6O7/c1-8(18)14(26)23-12(5-10-6-19-7-20-10)16(28)21-9(2)15(27)22-11(17(29)30)3-4-13(24)25/h6-12H,3-5,18H2,1-2H3,(H,21,28)(H,22,27)(H,23,26)(H,24,25)(H,29,30)/t8?,9-,10?,11-,12-/m0/s1. The highest BCUT2D eigenvalue weighted by molar-refractivity contribution is 5.94. The summed E-state index contributed by atoms with van der Waals surface area (Å²) in [5, 5.41) is 24.8. The zero-order valence-corrected chi connectivity index (χ0v) is 16.6. The van der Waals surface area contributed by atoms with Gasteiger partial charge in [0.15, 0.2) is 0 Å². The van der Waals surface area contributed by atoms with Gasteiger partial charge in [0, 0.05) is 19.1 Å². The minimum atomic E-state index is -1.43. The van der Waals surface area contributed by atoms with Crippen molar-refractivity contribution in [1.29, 1.82) is 0 Å². The molecule has 1 aliphatic heterocycles. The highest BCUT2D eigenvalue weighted by Crippen LogP contribution is 2.06. The minimum Gasteiger partial charge on any atom is -0.481 e. The topological polar surface area (TPSA) is 213 Å². The Labute approximate surface area is 172 Å². The van der Waals surface area contributed by atoms with Crippen molar-refractivity contribution in [3.05, 3.63) is 0 Å². The van der Waals surface area contributed by atoms with Crippen LogP contribution in [-0.2, 0) is 24.0 Å². The van der Waals surface area contributed by atoms with Crippen molar-refractivity contribution in [2.75, 3.05) is 0 Å². The molecule has 0 aromatic heterocycles. The third-order valence-corrected chi connectivity index (χ3v) is 4.12. The van der Waals surface area contributed by atoms with Crippen molar-refractivity contribution in [2.45, 2.75) is 63.3 Å². The number of carbonyl (C=O) groups excluding carboxylic acids is 3. The lowest BCUT2D eigenvalue weighted by Crippen LogP contribution is -2.56. The molecule has 1 heterocycles. The van der Waals surface area contributed by atoms with Crippen LogP contribution in [0.1, 0.15) is 33.1 Å². The molecule has 0 saturated carbocycles. The predicted molar refractivity (Wildman–Crippen MR) is 105 cm³/mol. The van der Waals surface area contributed by atoms with Crippen LogP contribution in [0.15, 0.2) is 9.98 Å². The zero-order valence-electron chi connectivity index (χ0n) is 16.6. The number of nitrogens with two attached hydrogens (primary N) is 1. The molecule has 0 aliphatic carbocycles. The monoisotopic (exact) mass is 426 g/mol. The van der Waals surface area contributed by atoms with Gasteiger partial charge in [0.25, 0.3) is 0 Å². The van der Waals surface area contributed by atoms with Gasteiger partial charge in [-0.2, -0.15) is 0 Å². The van der Waals surface area contributed by atoms with Crippen LogP contribution in [0.5, 0.6) is 0 Å². The second-order valence-electron chi connectivity index (χ2n) is 6.78. The van der Waals surface area contributed by atoms with Gasteiger partial charge in [0.2, 0.25) is 17.7 Å². The first kappa shape index (κ1) is 24.7. The molecule has 7 N–H and O–H groups in total. The van der Waals surface area contributed by atoms with Crippen molar-refractivity contribution in [3.8, 4) is 0 Å².